The lowest BCUT2D eigenvalue weighted by Crippen LogP contribution is -2.02. The third-order valence-electron chi connectivity index (χ3n) is 3.74. The summed E-state index contributed by atoms with van der Waals surface area (Å²) in [5.74, 6) is 0. The van der Waals surface area contributed by atoms with E-state index in [0.29, 0.717) is 0 Å². The lowest BCUT2D eigenvalue weighted by molar-refractivity contribution is 1.29. The second-order valence-electron chi connectivity index (χ2n) is 5.38. The molecule has 0 radical (unpaired) electrons. The first-order valence-corrected chi connectivity index (χ1v) is 9.47. The zero-order valence-corrected chi connectivity index (χ0v) is 14.2. The van der Waals surface area contributed by atoms with E-state index in [1.54, 1.807) is 10.3 Å². The molecule has 0 saturated carbocycles. The lowest BCUT2D eigenvalue weighted by atomic mass is 10.1. The van der Waals surface area contributed by atoms with E-state index < -0.39 is 0 Å². The highest BCUT2D eigenvalue weighted by Crippen LogP contribution is 2.29. The normalized spacial score (nSPS) is 12.0. The highest BCUT2D eigenvalue weighted by Gasteiger charge is 2.08. The van der Waals surface area contributed by atoms with Gasteiger partial charge in [-0.05, 0) is 47.9 Å². The zero-order valence-electron chi connectivity index (χ0n) is 12.6. The number of rotatable bonds is 2. The minimum atomic E-state index is 0.969. The quantitative estimate of drug-likeness (QED) is 0.443. The van der Waals surface area contributed by atoms with Gasteiger partial charge in [-0.25, -0.2) is 4.99 Å². The van der Waals surface area contributed by atoms with Gasteiger partial charge in [-0.3, -0.25) is 0 Å². The second-order valence-corrected chi connectivity index (χ2v) is 7.27. The van der Waals surface area contributed by atoms with Gasteiger partial charge in [0.05, 0.1) is 21.6 Å². The van der Waals surface area contributed by atoms with Gasteiger partial charge in [0.25, 0.3) is 0 Å². The van der Waals surface area contributed by atoms with Gasteiger partial charge >= 0.3 is 0 Å². The number of aryl methyl sites for hydroxylation is 1. The van der Waals surface area contributed by atoms with Crippen LogP contribution in [-0.4, -0.2) is 4.37 Å². The van der Waals surface area contributed by atoms with Gasteiger partial charge in [-0.15, -0.1) is 0 Å². The number of benzene rings is 3. The fraction of sp³-hybridized carbons (Fsp3) is 0.0526. The van der Waals surface area contributed by atoms with Crippen molar-refractivity contribution in [3.8, 4) is 21.7 Å². The van der Waals surface area contributed by atoms with Crippen LogP contribution in [-0.2, 0) is 0 Å². The van der Waals surface area contributed by atoms with Crippen LogP contribution in [0, 0.1) is 6.92 Å². The number of hydrogen-bond acceptors (Lipinski definition) is 4. The molecule has 1 aliphatic carbocycles. The number of aromatic nitrogens is 1. The van der Waals surface area contributed by atoms with Crippen molar-refractivity contribution in [2.24, 2.45) is 4.99 Å². The van der Waals surface area contributed by atoms with E-state index in [-0.39, 0.29) is 0 Å². The molecule has 0 spiro atoms. The molecule has 0 bridgehead atoms. The Labute approximate surface area is 142 Å². The standard InChI is InChI=1S/C19H14N2S2/c1-13-11-17(12-18-19(13)21-23-22-18)20-16-9-7-15(8-10-16)14-5-3-2-4-6-14/h2-12H,1H3. The summed E-state index contributed by atoms with van der Waals surface area (Å²) in [5, 5.41) is 0.985. The van der Waals surface area contributed by atoms with Gasteiger partial charge in [0.2, 0.25) is 0 Å². The summed E-state index contributed by atoms with van der Waals surface area (Å²) in [7, 11) is 3.23. The SMILES string of the molecule is Cc1cc(=Nc2ccc(-c3ccccc3)cc2)cc2ssnc1-2. The van der Waals surface area contributed by atoms with Crippen molar-refractivity contribution in [1.82, 2.24) is 4.37 Å². The van der Waals surface area contributed by atoms with Gasteiger partial charge in [0.1, 0.15) is 0 Å². The van der Waals surface area contributed by atoms with E-state index in [0.717, 1.165) is 16.7 Å². The average molecular weight is 334 g/mol. The van der Waals surface area contributed by atoms with Crippen LogP contribution in [0.1, 0.15) is 5.56 Å². The fourth-order valence-corrected chi connectivity index (χ4v) is 4.48. The smallest absolute Gasteiger partial charge is 0.0980 e. The zero-order chi connectivity index (χ0) is 15.6. The summed E-state index contributed by atoms with van der Waals surface area (Å²) in [6, 6.07) is 23.0. The monoisotopic (exact) mass is 334 g/mol. The van der Waals surface area contributed by atoms with Crippen molar-refractivity contribution in [2.75, 3.05) is 0 Å². The van der Waals surface area contributed by atoms with Crippen LogP contribution in [0.15, 0.2) is 71.7 Å². The maximum absolute atomic E-state index is 4.75. The topological polar surface area (TPSA) is 25.2 Å². The summed E-state index contributed by atoms with van der Waals surface area (Å²) < 4.78 is 4.43. The van der Waals surface area contributed by atoms with Gasteiger partial charge in [-0.1, -0.05) is 52.8 Å². The van der Waals surface area contributed by atoms with Crippen molar-refractivity contribution in [1.29, 1.82) is 0 Å². The fourth-order valence-electron chi connectivity index (χ4n) is 2.58. The third kappa shape index (κ3) is 2.96. The number of hydrogen-bond donors (Lipinski definition) is 0. The maximum Gasteiger partial charge on any atom is 0.0980 e. The molecule has 2 aliphatic rings. The van der Waals surface area contributed by atoms with Crippen molar-refractivity contribution >= 4 is 26.6 Å². The molecule has 1 heterocycles. The van der Waals surface area contributed by atoms with Gasteiger partial charge in [-0.2, -0.15) is 4.37 Å². The van der Waals surface area contributed by atoms with Crippen LogP contribution in [0.3, 0.4) is 0 Å². The van der Waals surface area contributed by atoms with Crippen molar-refractivity contribution in [3.05, 3.63) is 77.7 Å². The van der Waals surface area contributed by atoms with E-state index in [4.69, 9.17) is 4.99 Å². The van der Waals surface area contributed by atoms with Crippen molar-refractivity contribution < 1.29 is 0 Å². The van der Waals surface area contributed by atoms with Gasteiger partial charge in [0, 0.05) is 10.5 Å². The highest BCUT2D eigenvalue weighted by molar-refractivity contribution is 7.68. The Morgan fingerprint density at radius 1 is 0.870 bits per heavy atom. The number of nitrogens with zero attached hydrogens (tertiary/aromatic N) is 2. The second kappa shape index (κ2) is 6.07. The van der Waals surface area contributed by atoms with Crippen LogP contribution in [0.5, 0.6) is 0 Å². The molecule has 2 nitrogen and oxygen atoms in total. The van der Waals surface area contributed by atoms with Gasteiger partial charge < -0.3 is 0 Å². The van der Waals surface area contributed by atoms with Crippen molar-refractivity contribution in [2.45, 2.75) is 6.92 Å². The molecule has 0 fully saturated rings. The van der Waals surface area contributed by atoms with E-state index in [2.05, 4.69) is 72.0 Å². The van der Waals surface area contributed by atoms with Crippen molar-refractivity contribution in [3.63, 3.8) is 0 Å². The molecule has 0 saturated heterocycles. The highest BCUT2D eigenvalue weighted by atomic mass is 32.9. The Balaban J connectivity index is 1.72. The lowest BCUT2D eigenvalue weighted by Gasteiger charge is -2.02. The molecular weight excluding hydrogens is 320 g/mol. The summed E-state index contributed by atoms with van der Waals surface area (Å²) in [5.41, 5.74) is 5.68. The molecule has 4 rings (SSSR count). The predicted molar refractivity (Wildman–Crippen MR) is 98.5 cm³/mol. The van der Waals surface area contributed by atoms with E-state index in [9.17, 15) is 0 Å². The maximum atomic E-state index is 4.75. The first-order valence-electron chi connectivity index (χ1n) is 7.36. The average Bonchev–Trinajstić information content (AvgIpc) is 3.05. The minimum Gasteiger partial charge on any atom is -0.249 e. The molecule has 112 valence electrons. The minimum absolute atomic E-state index is 0.969. The van der Waals surface area contributed by atoms with Crippen LogP contribution < -0.4 is 5.36 Å². The first kappa shape index (κ1) is 14.3. The summed E-state index contributed by atoms with van der Waals surface area (Å²) >= 11 is 0. The molecule has 23 heavy (non-hydrogen) atoms. The number of fused-ring (bicyclic) bond motifs is 1. The molecule has 2 aromatic rings. The van der Waals surface area contributed by atoms with Crippen LogP contribution in [0.4, 0.5) is 5.69 Å². The van der Waals surface area contributed by atoms with Crippen LogP contribution in [0.2, 0.25) is 0 Å². The summed E-state index contributed by atoms with van der Waals surface area (Å²) in [6.07, 6.45) is 0. The Morgan fingerprint density at radius 3 is 2.39 bits per heavy atom. The summed E-state index contributed by atoms with van der Waals surface area (Å²) in [4.78, 5) is 5.95. The molecule has 0 atom stereocenters. The Morgan fingerprint density at radius 2 is 1.61 bits per heavy atom. The van der Waals surface area contributed by atoms with Gasteiger partial charge in [0.15, 0.2) is 0 Å². The molecule has 4 heteroatoms. The third-order valence-corrected chi connectivity index (χ3v) is 5.55. The van der Waals surface area contributed by atoms with Crippen LogP contribution in [0.25, 0.3) is 21.7 Å². The van der Waals surface area contributed by atoms with Crippen LogP contribution >= 0.6 is 20.9 Å². The molecule has 0 aromatic heterocycles. The predicted octanol–water partition coefficient (Wildman–Crippen LogP) is 5.52. The molecule has 0 amide bonds. The Hall–Kier alpha value is -2.30. The molecule has 0 unspecified atom stereocenters. The Bertz CT molecular complexity index is 966. The van der Waals surface area contributed by atoms with E-state index >= 15 is 0 Å². The molecule has 0 N–H and O–H groups in total. The molecule has 1 aliphatic heterocycles. The Kier molecular flexibility index (Phi) is 3.77. The molecule has 2 aromatic carbocycles. The van der Waals surface area contributed by atoms with E-state index in [1.807, 2.05) is 6.07 Å². The van der Waals surface area contributed by atoms with E-state index in [1.165, 1.54) is 32.1 Å². The first-order chi connectivity index (χ1) is 11.3. The largest absolute Gasteiger partial charge is 0.249 e. The molecular formula is C19H14N2S2. The summed E-state index contributed by atoms with van der Waals surface area (Å²) in [6.45, 7) is 2.09.